The summed E-state index contributed by atoms with van der Waals surface area (Å²) in [5.41, 5.74) is 2.27. The minimum Gasteiger partial charge on any atom is -0.436 e. The first kappa shape index (κ1) is 7.76. The van der Waals surface area contributed by atoms with E-state index in [4.69, 9.17) is 4.42 Å². The summed E-state index contributed by atoms with van der Waals surface area (Å²) < 4.78 is 5.44. The van der Waals surface area contributed by atoms with Gasteiger partial charge in [-0.2, -0.15) is 0 Å². The van der Waals surface area contributed by atoms with Gasteiger partial charge in [0.05, 0.1) is 0 Å². The van der Waals surface area contributed by atoms with Gasteiger partial charge in [-0.15, -0.1) is 11.3 Å². The maximum Gasteiger partial charge on any atom is 0.264 e. The maximum absolute atomic E-state index is 5.44. The van der Waals surface area contributed by atoms with Crippen LogP contribution in [0.2, 0.25) is 0 Å². The highest BCUT2D eigenvalue weighted by atomic mass is 79.9. The molecule has 0 aliphatic heterocycles. The molecule has 0 atom stereocenters. The summed E-state index contributed by atoms with van der Waals surface area (Å²) >= 11 is 5.06. The van der Waals surface area contributed by atoms with Gasteiger partial charge < -0.3 is 4.42 Å². The first-order valence-electron chi connectivity index (χ1n) is 4.06. The van der Waals surface area contributed by atoms with Crippen molar-refractivity contribution in [1.82, 2.24) is 4.98 Å². The predicted molar refractivity (Wildman–Crippen MR) is 54.9 cm³/mol. The number of halogens is 1. The van der Waals surface area contributed by atoms with Gasteiger partial charge >= 0.3 is 0 Å². The Morgan fingerprint density at radius 3 is 3.31 bits per heavy atom. The molecule has 0 N–H and O–H groups in total. The van der Waals surface area contributed by atoms with Crippen molar-refractivity contribution in [3.05, 3.63) is 26.9 Å². The number of thiophene rings is 1. The molecule has 66 valence electrons. The third-order valence-electron chi connectivity index (χ3n) is 2.25. The van der Waals surface area contributed by atoms with Gasteiger partial charge in [0.15, 0.2) is 0 Å². The molecular formula is C9H6BrNOS. The first-order valence-corrected chi connectivity index (χ1v) is 5.74. The van der Waals surface area contributed by atoms with Crippen molar-refractivity contribution in [2.24, 2.45) is 0 Å². The Hall–Kier alpha value is -0.610. The zero-order chi connectivity index (χ0) is 8.84. The average molecular weight is 256 g/mol. The molecule has 0 spiro atoms. The van der Waals surface area contributed by atoms with E-state index in [1.54, 1.807) is 11.3 Å². The number of hydrogen-bond acceptors (Lipinski definition) is 3. The number of rotatable bonds is 0. The van der Waals surface area contributed by atoms with E-state index in [1.807, 2.05) is 0 Å². The fourth-order valence-electron chi connectivity index (χ4n) is 1.68. The largest absolute Gasteiger partial charge is 0.436 e. The molecule has 3 rings (SSSR count). The van der Waals surface area contributed by atoms with E-state index < -0.39 is 0 Å². The van der Waals surface area contributed by atoms with Crippen molar-refractivity contribution in [2.45, 2.75) is 12.8 Å². The molecule has 0 aromatic carbocycles. The predicted octanol–water partition coefficient (Wildman–Crippen LogP) is 3.26. The molecule has 2 aromatic rings. The first-order chi connectivity index (χ1) is 6.34. The quantitative estimate of drug-likeness (QED) is 0.723. The second-order valence-corrected chi connectivity index (χ2v) is 4.68. The SMILES string of the molecule is Brc1nc2c(o1)CCc1sccc1-2. The van der Waals surface area contributed by atoms with Gasteiger partial charge in [0, 0.05) is 32.8 Å². The van der Waals surface area contributed by atoms with E-state index >= 15 is 0 Å². The van der Waals surface area contributed by atoms with Gasteiger partial charge in [-0.3, -0.25) is 0 Å². The second-order valence-electron chi connectivity index (χ2n) is 3.00. The minimum absolute atomic E-state index is 0.594. The molecule has 0 amide bonds. The molecule has 1 aliphatic rings. The van der Waals surface area contributed by atoms with Crippen LogP contribution in [0.25, 0.3) is 11.3 Å². The molecule has 0 radical (unpaired) electrons. The van der Waals surface area contributed by atoms with Crippen LogP contribution in [0.15, 0.2) is 20.7 Å². The molecule has 0 bridgehead atoms. The van der Waals surface area contributed by atoms with Gasteiger partial charge in [0.1, 0.15) is 11.5 Å². The summed E-state index contributed by atoms with van der Waals surface area (Å²) in [6.07, 6.45) is 2.06. The zero-order valence-corrected chi connectivity index (χ0v) is 9.11. The molecule has 13 heavy (non-hydrogen) atoms. The van der Waals surface area contributed by atoms with Gasteiger partial charge in [-0.05, 0) is 17.9 Å². The van der Waals surface area contributed by atoms with E-state index in [9.17, 15) is 0 Å². The molecular weight excluding hydrogens is 250 g/mol. The molecule has 0 fully saturated rings. The van der Waals surface area contributed by atoms with Crippen molar-refractivity contribution in [3.8, 4) is 11.3 Å². The summed E-state index contributed by atoms with van der Waals surface area (Å²) in [6, 6.07) is 2.12. The standard InChI is InChI=1S/C9H6BrNOS/c10-9-11-8-5-3-4-13-7(5)2-1-6(8)12-9/h3-4H,1-2H2. The maximum atomic E-state index is 5.44. The third-order valence-corrected chi connectivity index (χ3v) is 3.57. The van der Waals surface area contributed by atoms with Crippen LogP contribution in [0.5, 0.6) is 0 Å². The van der Waals surface area contributed by atoms with E-state index in [0.29, 0.717) is 4.80 Å². The summed E-state index contributed by atoms with van der Waals surface area (Å²) in [7, 11) is 0. The second kappa shape index (κ2) is 2.69. The van der Waals surface area contributed by atoms with Crippen LogP contribution in [0.4, 0.5) is 0 Å². The molecule has 2 aromatic heterocycles. The van der Waals surface area contributed by atoms with E-state index in [1.165, 1.54) is 10.4 Å². The van der Waals surface area contributed by atoms with Gasteiger partial charge in [-0.25, -0.2) is 4.98 Å². The molecule has 0 saturated heterocycles. The van der Waals surface area contributed by atoms with Crippen LogP contribution in [-0.2, 0) is 12.8 Å². The highest BCUT2D eigenvalue weighted by molar-refractivity contribution is 9.10. The number of hydrogen-bond donors (Lipinski definition) is 0. The number of aromatic nitrogens is 1. The molecule has 2 heterocycles. The van der Waals surface area contributed by atoms with E-state index in [0.717, 1.165) is 24.3 Å². The van der Waals surface area contributed by atoms with E-state index in [-0.39, 0.29) is 0 Å². The Bertz CT molecular complexity index is 460. The Morgan fingerprint density at radius 2 is 2.38 bits per heavy atom. The Balaban J connectivity index is 2.29. The molecule has 0 unspecified atom stereocenters. The topological polar surface area (TPSA) is 26.0 Å². The summed E-state index contributed by atoms with van der Waals surface area (Å²) in [5.74, 6) is 1.01. The fraction of sp³-hybridized carbons (Fsp3) is 0.222. The highest BCUT2D eigenvalue weighted by Gasteiger charge is 2.22. The Morgan fingerprint density at radius 1 is 1.46 bits per heavy atom. The number of oxazole rings is 1. The van der Waals surface area contributed by atoms with Gasteiger partial charge in [0.25, 0.3) is 4.80 Å². The lowest BCUT2D eigenvalue weighted by molar-refractivity contribution is 0.479. The van der Waals surface area contributed by atoms with Gasteiger partial charge in [-0.1, -0.05) is 0 Å². The number of fused-ring (bicyclic) bond motifs is 3. The van der Waals surface area contributed by atoms with Crippen LogP contribution < -0.4 is 0 Å². The minimum atomic E-state index is 0.594. The van der Waals surface area contributed by atoms with Crippen LogP contribution in [0, 0.1) is 0 Å². The van der Waals surface area contributed by atoms with Crippen LogP contribution in [0.3, 0.4) is 0 Å². The Kier molecular flexibility index (Phi) is 1.60. The van der Waals surface area contributed by atoms with E-state index in [2.05, 4.69) is 32.4 Å². The van der Waals surface area contributed by atoms with Crippen molar-refractivity contribution in [3.63, 3.8) is 0 Å². The van der Waals surface area contributed by atoms with Crippen molar-refractivity contribution >= 4 is 27.3 Å². The van der Waals surface area contributed by atoms with Gasteiger partial charge in [0.2, 0.25) is 0 Å². The normalized spacial score (nSPS) is 13.9. The molecule has 1 aliphatic carbocycles. The molecule has 4 heteroatoms. The van der Waals surface area contributed by atoms with Crippen molar-refractivity contribution in [2.75, 3.05) is 0 Å². The lowest BCUT2D eigenvalue weighted by Gasteiger charge is -2.07. The lowest BCUT2D eigenvalue weighted by atomic mass is 10.0. The van der Waals surface area contributed by atoms with Crippen LogP contribution in [0.1, 0.15) is 10.6 Å². The smallest absolute Gasteiger partial charge is 0.264 e. The molecule has 2 nitrogen and oxygen atoms in total. The summed E-state index contributed by atoms with van der Waals surface area (Å²) in [6.45, 7) is 0. The summed E-state index contributed by atoms with van der Waals surface area (Å²) in [4.78, 5) is 6.34. The van der Waals surface area contributed by atoms with Crippen molar-refractivity contribution in [1.29, 1.82) is 0 Å². The Labute approximate surface area is 87.7 Å². The average Bonchev–Trinajstić information content (AvgIpc) is 2.65. The van der Waals surface area contributed by atoms with Crippen LogP contribution in [-0.4, -0.2) is 4.98 Å². The third kappa shape index (κ3) is 1.09. The zero-order valence-electron chi connectivity index (χ0n) is 6.71. The lowest BCUT2D eigenvalue weighted by Crippen LogP contribution is -1.98. The van der Waals surface area contributed by atoms with Crippen molar-refractivity contribution < 1.29 is 4.42 Å². The monoisotopic (exact) mass is 255 g/mol. The summed E-state index contributed by atoms with van der Waals surface area (Å²) in [5, 5.41) is 2.11. The number of nitrogens with zero attached hydrogens (tertiary/aromatic N) is 1. The molecule has 0 saturated carbocycles. The highest BCUT2D eigenvalue weighted by Crippen LogP contribution is 2.37. The fourth-order valence-corrected chi connectivity index (χ4v) is 2.93. The number of aryl methyl sites for hydroxylation is 2. The van der Waals surface area contributed by atoms with Crippen LogP contribution >= 0.6 is 27.3 Å².